The second-order valence-corrected chi connectivity index (χ2v) is 6.39. The molecule has 3 heteroatoms. The lowest BCUT2D eigenvalue weighted by atomic mass is 9.93. The second-order valence-electron chi connectivity index (χ2n) is 6.39. The van der Waals surface area contributed by atoms with E-state index in [0.717, 1.165) is 51.0 Å². The average molecular weight is 291 g/mol. The summed E-state index contributed by atoms with van der Waals surface area (Å²) in [5.41, 5.74) is 3.74. The average Bonchev–Trinajstić information content (AvgIpc) is 2.43. The fourth-order valence-electron chi connectivity index (χ4n) is 3.23. The number of nitrogens with one attached hydrogen (secondary N) is 1. The zero-order valence-corrected chi connectivity index (χ0v) is 13.6. The Labute approximate surface area is 128 Å². The van der Waals surface area contributed by atoms with Crippen LogP contribution in [0, 0.1) is 20.8 Å². The third-order valence-electron chi connectivity index (χ3n) is 4.30. The van der Waals surface area contributed by atoms with Crippen LogP contribution in [0.15, 0.2) is 12.1 Å². The topological polar surface area (TPSA) is 41.5 Å². The Kier molecular flexibility index (Phi) is 6.07. The van der Waals surface area contributed by atoms with Crippen molar-refractivity contribution in [3.63, 3.8) is 0 Å². The van der Waals surface area contributed by atoms with Crippen LogP contribution in [0.1, 0.15) is 48.8 Å². The third kappa shape index (κ3) is 5.01. The molecule has 1 aliphatic carbocycles. The van der Waals surface area contributed by atoms with Crippen LogP contribution in [0.25, 0.3) is 0 Å². The number of hydrogen-bond donors (Lipinski definition) is 2. The van der Waals surface area contributed by atoms with Crippen molar-refractivity contribution in [3.8, 4) is 5.75 Å². The molecule has 0 spiro atoms. The lowest BCUT2D eigenvalue weighted by Gasteiger charge is -2.26. The molecule has 1 fully saturated rings. The van der Waals surface area contributed by atoms with Crippen molar-refractivity contribution in [1.82, 2.24) is 5.32 Å². The Morgan fingerprint density at radius 3 is 2.33 bits per heavy atom. The molecule has 2 N–H and O–H groups in total. The summed E-state index contributed by atoms with van der Waals surface area (Å²) in [4.78, 5) is 0. The van der Waals surface area contributed by atoms with Crippen molar-refractivity contribution in [2.24, 2.45) is 0 Å². The van der Waals surface area contributed by atoms with Crippen LogP contribution in [-0.2, 0) is 0 Å². The van der Waals surface area contributed by atoms with Crippen molar-refractivity contribution in [3.05, 3.63) is 28.8 Å². The van der Waals surface area contributed by atoms with Gasteiger partial charge in [-0.2, -0.15) is 0 Å². The molecule has 2 rings (SSSR count). The van der Waals surface area contributed by atoms with E-state index in [1.807, 2.05) is 0 Å². The molecular weight excluding hydrogens is 262 g/mol. The number of rotatable bonds is 6. The predicted octanol–water partition coefficient (Wildman–Crippen LogP) is 3.27. The van der Waals surface area contributed by atoms with Gasteiger partial charge >= 0.3 is 0 Å². The van der Waals surface area contributed by atoms with E-state index in [2.05, 4.69) is 38.2 Å². The predicted molar refractivity (Wildman–Crippen MR) is 87.0 cm³/mol. The van der Waals surface area contributed by atoms with Gasteiger partial charge in [0.2, 0.25) is 0 Å². The Bertz CT molecular complexity index is 428. The maximum atomic E-state index is 9.49. The van der Waals surface area contributed by atoms with E-state index in [0.29, 0.717) is 6.04 Å². The van der Waals surface area contributed by atoms with E-state index in [1.165, 1.54) is 16.7 Å². The minimum Gasteiger partial charge on any atom is -0.493 e. The highest BCUT2D eigenvalue weighted by atomic mass is 16.5. The van der Waals surface area contributed by atoms with Crippen molar-refractivity contribution in [2.45, 2.75) is 65.0 Å². The second kappa shape index (κ2) is 7.81. The summed E-state index contributed by atoms with van der Waals surface area (Å²) in [6.45, 7) is 8.09. The molecule has 0 aromatic heterocycles. The van der Waals surface area contributed by atoms with Gasteiger partial charge in [-0.25, -0.2) is 0 Å². The van der Waals surface area contributed by atoms with Crippen LogP contribution in [0.5, 0.6) is 5.75 Å². The fraction of sp³-hybridized carbons (Fsp3) is 0.667. The first kappa shape index (κ1) is 16.3. The van der Waals surface area contributed by atoms with E-state index in [4.69, 9.17) is 4.74 Å². The van der Waals surface area contributed by atoms with Crippen LogP contribution in [0.2, 0.25) is 0 Å². The Morgan fingerprint density at radius 1 is 1.10 bits per heavy atom. The first-order valence-electron chi connectivity index (χ1n) is 8.18. The molecule has 1 saturated carbocycles. The maximum Gasteiger partial charge on any atom is 0.125 e. The zero-order chi connectivity index (χ0) is 15.2. The molecule has 3 nitrogen and oxygen atoms in total. The summed E-state index contributed by atoms with van der Waals surface area (Å²) in [7, 11) is 0. The SMILES string of the molecule is Cc1cc(C)c(OCCCNC2CCC(O)CC2)c(C)c1. The van der Waals surface area contributed by atoms with Gasteiger partial charge in [0.15, 0.2) is 0 Å². The molecule has 0 bridgehead atoms. The highest BCUT2D eigenvalue weighted by Gasteiger charge is 2.18. The van der Waals surface area contributed by atoms with Gasteiger partial charge < -0.3 is 15.2 Å². The summed E-state index contributed by atoms with van der Waals surface area (Å²) < 4.78 is 5.95. The largest absolute Gasteiger partial charge is 0.493 e. The highest BCUT2D eigenvalue weighted by Crippen LogP contribution is 2.24. The first-order valence-corrected chi connectivity index (χ1v) is 8.18. The monoisotopic (exact) mass is 291 g/mol. The summed E-state index contributed by atoms with van der Waals surface area (Å²) >= 11 is 0. The molecule has 0 atom stereocenters. The van der Waals surface area contributed by atoms with Gasteiger partial charge in [-0.1, -0.05) is 17.7 Å². The van der Waals surface area contributed by atoms with E-state index >= 15 is 0 Å². The molecule has 0 amide bonds. The van der Waals surface area contributed by atoms with Crippen LogP contribution >= 0.6 is 0 Å². The summed E-state index contributed by atoms with van der Waals surface area (Å²) in [5, 5.41) is 13.1. The molecule has 1 aromatic carbocycles. The number of hydrogen-bond acceptors (Lipinski definition) is 3. The van der Waals surface area contributed by atoms with Gasteiger partial charge in [-0.05, 0) is 70.5 Å². The lowest BCUT2D eigenvalue weighted by molar-refractivity contribution is 0.116. The molecule has 21 heavy (non-hydrogen) atoms. The molecular formula is C18H29NO2. The summed E-state index contributed by atoms with van der Waals surface area (Å²) in [5.74, 6) is 1.04. The van der Waals surface area contributed by atoms with Gasteiger partial charge in [0, 0.05) is 6.04 Å². The molecule has 118 valence electrons. The van der Waals surface area contributed by atoms with Gasteiger partial charge in [0.1, 0.15) is 5.75 Å². The van der Waals surface area contributed by atoms with E-state index in [9.17, 15) is 5.11 Å². The molecule has 0 saturated heterocycles. The zero-order valence-electron chi connectivity index (χ0n) is 13.6. The van der Waals surface area contributed by atoms with Crippen molar-refractivity contribution in [2.75, 3.05) is 13.2 Å². The maximum absolute atomic E-state index is 9.49. The number of ether oxygens (including phenoxy) is 1. The van der Waals surface area contributed by atoms with Gasteiger partial charge in [0.05, 0.1) is 12.7 Å². The fourth-order valence-corrected chi connectivity index (χ4v) is 3.23. The van der Waals surface area contributed by atoms with Crippen LogP contribution in [-0.4, -0.2) is 30.4 Å². The third-order valence-corrected chi connectivity index (χ3v) is 4.30. The number of aliphatic hydroxyl groups is 1. The van der Waals surface area contributed by atoms with Crippen molar-refractivity contribution in [1.29, 1.82) is 0 Å². The number of aryl methyl sites for hydroxylation is 3. The van der Waals surface area contributed by atoms with Gasteiger partial charge in [-0.15, -0.1) is 0 Å². The Balaban J connectivity index is 1.66. The van der Waals surface area contributed by atoms with Gasteiger partial charge in [-0.3, -0.25) is 0 Å². The molecule has 0 aliphatic heterocycles. The molecule has 1 aliphatic rings. The number of benzene rings is 1. The van der Waals surface area contributed by atoms with E-state index < -0.39 is 0 Å². The smallest absolute Gasteiger partial charge is 0.125 e. The quantitative estimate of drug-likeness (QED) is 0.790. The first-order chi connectivity index (χ1) is 10.1. The van der Waals surface area contributed by atoms with E-state index in [1.54, 1.807) is 0 Å². The van der Waals surface area contributed by atoms with Crippen LogP contribution in [0.4, 0.5) is 0 Å². The van der Waals surface area contributed by atoms with Crippen LogP contribution < -0.4 is 10.1 Å². The van der Waals surface area contributed by atoms with Gasteiger partial charge in [0.25, 0.3) is 0 Å². The summed E-state index contributed by atoms with van der Waals surface area (Å²) in [6, 6.07) is 4.93. The van der Waals surface area contributed by atoms with Crippen molar-refractivity contribution >= 4 is 0 Å². The molecule has 1 aromatic rings. The summed E-state index contributed by atoms with van der Waals surface area (Å²) in [6.07, 6.45) is 5.02. The van der Waals surface area contributed by atoms with E-state index in [-0.39, 0.29) is 6.10 Å². The van der Waals surface area contributed by atoms with Crippen molar-refractivity contribution < 1.29 is 9.84 Å². The minimum absolute atomic E-state index is 0.0705. The minimum atomic E-state index is -0.0705. The van der Waals surface area contributed by atoms with Crippen LogP contribution in [0.3, 0.4) is 0 Å². The normalized spacial score (nSPS) is 22.3. The lowest BCUT2D eigenvalue weighted by Crippen LogP contribution is -2.35. The molecule has 0 radical (unpaired) electrons. The number of aliphatic hydroxyl groups excluding tert-OH is 1. The Morgan fingerprint density at radius 2 is 1.71 bits per heavy atom. The molecule has 0 heterocycles. The highest BCUT2D eigenvalue weighted by molar-refractivity contribution is 5.42. The Hall–Kier alpha value is -1.06. The standard InChI is InChI=1S/C18H29NO2/c1-13-11-14(2)18(15(3)12-13)21-10-4-9-19-16-5-7-17(20)8-6-16/h11-12,16-17,19-20H,4-10H2,1-3H3. The molecule has 0 unspecified atom stereocenters.